The molecule has 1 aromatic carbocycles. The van der Waals surface area contributed by atoms with Gasteiger partial charge in [0.25, 0.3) is 5.91 Å². The number of rotatable bonds is 8. The van der Waals surface area contributed by atoms with Crippen LogP contribution in [0.1, 0.15) is 16.1 Å². The molecule has 0 fully saturated rings. The number of furan rings is 1. The lowest BCUT2D eigenvalue weighted by atomic mass is 10.2. The molecule has 2 aromatic rings. The van der Waals surface area contributed by atoms with E-state index in [0.717, 1.165) is 0 Å². The second kappa shape index (κ2) is 8.99. The minimum absolute atomic E-state index is 0.114. The summed E-state index contributed by atoms with van der Waals surface area (Å²) in [4.78, 5) is 23.1. The number of amides is 2. The van der Waals surface area contributed by atoms with Crippen molar-refractivity contribution in [3.05, 3.63) is 59.8 Å². The van der Waals surface area contributed by atoms with Crippen molar-refractivity contribution in [2.45, 2.75) is 5.75 Å². The number of halogens is 1. The Balaban J connectivity index is 1.56. The highest BCUT2D eigenvalue weighted by Gasteiger charge is 2.09. The van der Waals surface area contributed by atoms with E-state index in [1.807, 2.05) is 0 Å². The number of thioether (sulfide) groups is 1. The van der Waals surface area contributed by atoms with Gasteiger partial charge in [0.15, 0.2) is 5.76 Å². The van der Waals surface area contributed by atoms with E-state index >= 15 is 0 Å². The maximum atomic E-state index is 13.4. The van der Waals surface area contributed by atoms with Crippen molar-refractivity contribution in [1.29, 1.82) is 0 Å². The maximum Gasteiger partial charge on any atom is 0.287 e. The summed E-state index contributed by atoms with van der Waals surface area (Å²) < 4.78 is 18.3. The molecule has 0 saturated carbocycles. The van der Waals surface area contributed by atoms with Gasteiger partial charge in [0.05, 0.1) is 12.8 Å². The zero-order chi connectivity index (χ0) is 16.5. The van der Waals surface area contributed by atoms with Crippen molar-refractivity contribution in [3.63, 3.8) is 0 Å². The number of benzene rings is 1. The van der Waals surface area contributed by atoms with Crippen LogP contribution >= 0.6 is 11.8 Å². The summed E-state index contributed by atoms with van der Waals surface area (Å²) >= 11 is 1.53. The first kappa shape index (κ1) is 17.1. The van der Waals surface area contributed by atoms with Gasteiger partial charge in [0, 0.05) is 18.1 Å². The molecule has 1 aromatic heterocycles. The number of carbonyl (C=O) groups is 2. The van der Waals surface area contributed by atoms with Crippen LogP contribution in [0, 0.1) is 5.82 Å². The van der Waals surface area contributed by atoms with E-state index < -0.39 is 5.91 Å². The molecule has 0 saturated heterocycles. The van der Waals surface area contributed by atoms with E-state index in [4.69, 9.17) is 4.42 Å². The monoisotopic (exact) mass is 336 g/mol. The molecule has 2 rings (SSSR count). The fourth-order valence-corrected chi connectivity index (χ4v) is 2.62. The quantitative estimate of drug-likeness (QED) is 0.725. The summed E-state index contributed by atoms with van der Waals surface area (Å²) in [6.07, 6.45) is 1.39. The van der Waals surface area contributed by atoms with Gasteiger partial charge in [-0.3, -0.25) is 9.59 Å². The van der Waals surface area contributed by atoms with E-state index in [1.54, 1.807) is 24.3 Å². The number of hydrogen-bond donors (Lipinski definition) is 2. The third-order valence-electron chi connectivity index (χ3n) is 2.94. The van der Waals surface area contributed by atoms with Gasteiger partial charge in [-0.2, -0.15) is 11.8 Å². The summed E-state index contributed by atoms with van der Waals surface area (Å²) in [5.41, 5.74) is 0.648. The van der Waals surface area contributed by atoms with Gasteiger partial charge in [-0.15, -0.1) is 0 Å². The topological polar surface area (TPSA) is 71.3 Å². The van der Waals surface area contributed by atoms with E-state index in [1.165, 1.54) is 30.2 Å². The molecule has 1 heterocycles. The van der Waals surface area contributed by atoms with Crippen LogP contribution in [-0.2, 0) is 10.5 Å². The SMILES string of the molecule is O=C(CNC(=O)c1ccco1)NCCSCc1ccccc1F. The highest BCUT2D eigenvalue weighted by molar-refractivity contribution is 7.98. The zero-order valence-corrected chi connectivity index (χ0v) is 13.2. The van der Waals surface area contributed by atoms with Gasteiger partial charge in [0.1, 0.15) is 5.82 Å². The Kier molecular flexibility index (Phi) is 6.68. The van der Waals surface area contributed by atoms with Crippen LogP contribution in [0.3, 0.4) is 0 Å². The molecule has 7 heteroatoms. The van der Waals surface area contributed by atoms with Crippen LogP contribution in [0.4, 0.5) is 4.39 Å². The van der Waals surface area contributed by atoms with Crippen molar-refractivity contribution in [3.8, 4) is 0 Å². The Hall–Kier alpha value is -2.28. The predicted octanol–water partition coefficient (Wildman–Crippen LogP) is 2.20. The minimum Gasteiger partial charge on any atom is -0.459 e. The van der Waals surface area contributed by atoms with Crippen LogP contribution in [0.25, 0.3) is 0 Å². The van der Waals surface area contributed by atoms with Crippen LogP contribution in [-0.4, -0.2) is 30.7 Å². The van der Waals surface area contributed by atoms with Gasteiger partial charge < -0.3 is 15.1 Å². The normalized spacial score (nSPS) is 10.3. The van der Waals surface area contributed by atoms with Gasteiger partial charge in [-0.1, -0.05) is 18.2 Å². The number of nitrogens with one attached hydrogen (secondary N) is 2. The second-order valence-corrected chi connectivity index (χ2v) is 5.76. The Labute approximate surface area is 137 Å². The molecule has 0 radical (unpaired) electrons. The third kappa shape index (κ3) is 5.78. The Morgan fingerprint density at radius 3 is 2.70 bits per heavy atom. The predicted molar refractivity (Wildman–Crippen MR) is 86.6 cm³/mol. The molecule has 0 bridgehead atoms. The Morgan fingerprint density at radius 2 is 1.96 bits per heavy atom. The fourth-order valence-electron chi connectivity index (χ4n) is 1.78. The van der Waals surface area contributed by atoms with Crippen LogP contribution < -0.4 is 10.6 Å². The summed E-state index contributed by atoms with van der Waals surface area (Å²) in [6.45, 7) is 0.339. The molecule has 23 heavy (non-hydrogen) atoms. The van der Waals surface area contributed by atoms with Crippen molar-refractivity contribution < 1.29 is 18.4 Å². The number of hydrogen-bond acceptors (Lipinski definition) is 4. The van der Waals surface area contributed by atoms with Crippen LogP contribution in [0.15, 0.2) is 47.1 Å². The van der Waals surface area contributed by atoms with Gasteiger partial charge >= 0.3 is 0 Å². The average molecular weight is 336 g/mol. The van der Waals surface area contributed by atoms with E-state index in [0.29, 0.717) is 23.6 Å². The first-order valence-corrected chi connectivity index (χ1v) is 8.22. The molecule has 0 atom stereocenters. The number of carbonyl (C=O) groups excluding carboxylic acids is 2. The summed E-state index contributed by atoms with van der Waals surface area (Å²) in [7, 11) is 0. The van der Waals surface area contributed by atoms with Crippen LogP contribution in [0.2, 0.25) is 0 Å². The molecular formula is C16H17FN2O3S. The zero-order valence-electron chi connectivity index (χ0n) is 12.4. The minimum atomic E-state index is -0.431. The van der Waals surface area contributed by atoms with E-state index in [9.17, 15) is 14.0 Å². The molecule has 0 aliphatic carbocycles. The molecule has 0 aliphatic rings. The summed E-state index contributed by atoms with van der Waals surface area (Å²) in [5, 5.41) is 5.14. The first-order valence-electron chi connectivity index (χ1n) is 7.06. The maximum absolute atomic E-state index is 13.4. The lowest BCUT2D eigenvalue weighted by molar-refractivity contribution is -0.120. The Morgan fingerprint density at radius 1 is 1.13 bits per heavy atom. The molecule has 0 spiro atoms. The highest BCUT2D eigenvalue weighted by atomic mass is 32.2. The van der Waals surface area contributed by atoms with Crippen molar-refractivity contribution in [2.75, 3.05) is 18.8 Å². The Bertz CT molecular complexity index is 647. The third-order valence-corrected chi connectivity index (χ3v) is 3.95. The van der Waals surface area contributed by atoms with Gasteiger partial charge in [-0.25, -0.2) is 4.39 Å². The molecule has 122 valence electrons. The lowest BCUT2D eigenvalue weighted by Crippen LogP contribution is -2.37. The fraction of sp³-hybridized carbons (Fsp3) is 0.250. The molecule has 2 N–H and O–H groups in total. The molecule has 2 amide bonds. The molecular weight excluding hydrogens is 319 g/mol. The van der Waals surface area contributed by atoms with Crippen LogP contribution in [0.5, 0.6) is 0 Å². The van der Waals surface area contributed by atoms with Gasteiger partial charge in [-0.05, 0) is 23.8 Å². The largest absolute Gasteiger partial charge is 0.459 e. The summed E-state index contributed by atoms with van der Waals surface area (Å²) in [6, 6.07) is 9.74. The van der Waals surface area contributed by atoms with Crippen molar-refractivity contribution in [2.24, 2.45) is 0 Å². The van der Waals surface area contributed by atoms with E-state index in [-0.39, 0.29) is 24.0 Å². The van der Waals surface area contributed by atoms with E-state index in [2.05, 4.69) is 10.6 Å². The smallest absolute Gasteiger partial charge is 0.287 e. The average Bonchev–Trinajstić information content (AvgIpc) is 3.08. The van der Waals surface area contributed by atoms with Crippen molar-refractivity contribution >= 4 is 23.6 Å². The second-order valence-electron chi connectivity index (χ2n) is 4.65. The molecule has 0 aliphatic heterocycles. The lowest BCUT2D eigenvalue weighted by Gasteiger charge is -2.06. The van der Waals surface area contributed by atoms with Gasteiger partial charge in [0.2, 0.25) is 5.91 Å². The first-order chi connectivity index (χ1) is 11.2. The van der Waals surface area contributed by atoms with Crippen molar-refractivity contribution in [1.82, 2.24) is 10.6 Å². The molecule has 5 nitrogen and oxygen atoms in total. The highest BCUT2D eigenvalue weighted by Crippen LogP contribution is 2.14. The molecule has 0 unspecified atom stereocenters. The summed E-state index contributed by atoms with van der Waals surface area (Å²) in [5.74, 6) is 0.447. The standard InChI is InChI=1S/C16H17FN2O3S/c17-13-5-2-1-4-12(13)11-23-9-7-18-15(20)10-19-16(21)14-6-3-8-22-14/h1-6,8H,7,9-11H2,(H,18,20)(H,19,21).